The first kappa shape index (κ1) is 7.82. The van der Waals surface area contributed by atoms with Crippen LogP contribution in [0.3, 0.4) is 0 Å². The molecule has 0 amide bonds. The third-order valence-electron chi connectivity index (χ3n) is 2.08. The van der Waals surface area contributed by atoms with Crippen LogP contribution in [0.25, 0.3) is 10.8 Å². The van der Waals surface area contributed by atoms with E-state index in [1.165, 1.54) is 0 Å². The summed E-state index contributed by atoms with van der Waals surface area (Å²) in [6.45, 7) is 3.91. The van der Waals surface area contributed by atoms with E-state index in [9.17, 15) is 0 Å². The number of hydrogen-bond acceptors (Lipinski definition) is 1. The van der Waals surface area contributed by atoms with Crippen LogP contribution in [0.2, 0.25) is 0 Å². The molecule has 2 aromatic rings. The van der Waals surface area contributed by atoms with Gasteiger partial charge in [0, 0.05) is 0 Å². The number of fused-ring (bicyclic) bond motifs is 1. The van der Waals surface area contributed by atoms with E-state index in [1.807, 2.05) is 36.4 Å². The van der Waals surface area contributed by atoms with E-state index in [-0.39, 0.29) is 0 Å². The molecule has 13 heavy (non-hydrogen) atoms. The van der Waals surface area contributed by atoms with Crippen molar-refractivity contribution in [1.82, 2.24) is 0 Å². The Morgan fingerprint density at radius 2 is 1.92 bits per heavy atom. The zero-order valence-electron chi connectivity index (χ0n) is 7.12. The quantitative estimate of drug-likeness (QED) is 0.590. The van der Waals surface area contributed by atoms with Gasteiger partial charge in [0.1, 0.15) is 0 Å². The molecule has 0 aromatic heterocycles. The Bertz CT molecular complexity index is 492. The van der Waals surface area contributed by atoms with Gasteiger partial charge < -0.3 is 0 Å². The van der Waals surface area contributed by atoms with Crippen LogP contribution in [0.1, 0.15) is 11.1 Å². The fraction of sp³-hybridized carbons (Fsp3) is 0. The Morgan fingerprint density at radius 3 is 2.69 bits per heavy atom. The zero-order chi connectivity index (χ0) is 9.26. The molecule has 61 valence electrons. The largest absolute Gasteiger partial charge is 0.192 e. The van der Waals surface area contributed by atoms with Crippen LogP contribution in [-0.4, -0.2) is 0 Å². The lowest BCUT2D eigenvalue weighted by molar-refractivity contribution is 1.49. The van der Waals surface area contributed by atoms with Crippen LogP contribution in [0.5, 0.6) is 0 Å². The van der Waals surface area contributed by atoms with Gasteiger partial charge >= 0.3 is 0 Å². The summed E-state index contributed by atoms with van der Waals surface area (Å²) in [6, 6.07) is 13.7. The summed E-state index contributed by atoms with van der Waals surface area (Å²) in [5.74, 6) is 0. The van der Waals surface area contributed by atoms with Gasteiger partial charge in [-0.05, 0) is 35.4 Å². The van der Waals surface area contributed by atoms with E-state index >= 15 is 0 Å². The Morgan fingerprint density at radius 1 is 1.15 bits per heavy atom. The SMILES string of the molecule is [CH2]c1cc(C#N)cc2ccccc12. The second-order valence-electron chi connectivity index (χ2n) is 2.97. The first-order valence-electron chi connectivity index (χ1n) is 4.06. The molecule has 2 aromatic carbocycles. The molecule has 0 aliphatic rings. The van der Waals surface area contributed by atoms with Gasteiger partial charge in [-0.3, -0.25) is 0 Å². The van der Waals surface area contributed by atoms with Crippen molar-refractivity contribution in [2.45, 2.75) is 0 Å². The lowest BCUT2D eigenvalue weighted by Gasteiger charge is -2.01. The van der Waals surface area contributed by atoms with E-state index in [0.717, 1.165) is 16.3 Å². The van der Waals surface area contributed by atoms with Crippen molar-refractivity contribution in [1.29, 1.82) is 5.26 Å². The third kappa shape index (κ3) is 1.27. The Hall–Kier alpha value is -1.81. The molecule has 0 bridgehead atoms. The zero-order valence-corrected chi connectivity index (χ0v) is 7.12. The number of hydrogen-bond donors (Lipinski definition) is 0. The van der Waals surface area contributed by atoms with Gasteiger partial charge in [-0.1, -0.05) is 24.3 Å². The predicted octanol–water partition coefficient (Wildman–Crippen LogP) is 2.89. The third-order valence-corrected chi connectivity index (χ3v) is 2.08. The van der Waals surface area contributed by atoms with Gasteiger partial charge in [-0.25, -0.2) is 0 Å². The lowest BCUT2D eigenvalue weighted by Crippen LogP contribution is -1.81. The highest BCUT2D eigenvalue weighted by molar-refractivity contribution is 5.87. The van der Waals surface area contributed by atoms with Crippen LogP contribution in [0.4, 0.5) is 0 Å². The summed E-state index contributed by atoms with van der Waals surface area (Å²) in [5.41, 5.74) is 1.58. The molecule has 0 unspecified atom stereocenters. The van der Waals surface area contributed by atoms with Gasteiger partial charge in [-0.2, -0.15) is 5.26 Å². The van der Waals surface area contributed by atoms with Crippen molar-refractivity contribution < 1.29 is 0 Å². The molecule has 0 aliphatic carbocycles. The molecule has 1 nitrogen and oxygen atoms in total. The highest BCUT2D eigenvalue weighted by Gasteiger charge is 1.98. The first-order chi connectivity index (χ1) is 6.31. The summed E-state index contributed by atoms with van der Waals surface area (Å²) in [4.78, 5) is 0. The van der Waals surface area contributed by atoms with Crippen molar-refractivity contribution in [2.75, 3.05) is 0 Å². The molecule has 0 N–H and O–H groups in total. The molecule has 1 heteroatoms. The molecule has 0 atom stereocenters. The fourth-order valence-corrected chi connectivity index (χ4v) is 1.45. The van der Waals surface area contributed by atoms with Crippen molar-refractivity contribution in [3.05, 3.63) is 54.4 Å². The molecular formula is C12H8N. The average Bonchev–Trinajstić information content (AvgIpc) is 2.18. The van der Waals surface area contributed by atoms with Crippen LogP contribution in [-0.2, 0) is 0 Å². The summed E-state index contributed by atoms with van der Waals surface area (Å²) >= 11 is 0. The van der Waals surface area contributed by atoms with Crippen molar-refractivity contribution >= 4 is 10.8 Å². The molecule has 0 saturated carbocycles. The molecule has 0 aliphatic heterocycles. The van der Waals surface area contributed by atoms with E-state index in [1.54, 1.807) is 0 Å². The summed E-state index contributed by atoms with van der Waals surface area (Å²) in [5, 5.41) is 10.9. The second-order valence-corrected chi connectivity index (χ2v) is 2.97. The summed E-state index contributed by atoms with van der Waals surface area (Å²) in [6.07, 6.45) is 0. The highest BCUT2D eigenvalue weighted by atomic mass is 14.2. The maximum absolute atomic E-state index is 8.74. The average molecular weight is 166 g/mol. The minimum absolute atomic E-state index is 0.670. The van der Waals surface area contributed by atoms with Crippen LogP contribution >= 0.6 is 0 Å². The summed E-state index contributed by atoms with van der Waals surface area (Å²) in [7, 11) is 0. The van der Waals surface area contributed by atoms with E-state index in [2.05, 4.69) is 13.0 Å². The van der Waals surface area contributed by atoms with E-state index in [0.29, 0.717) is 5.56 Å². The van der Waals surface area contributed by atoms with Gasteiger partial charge in [0.25, 0.3) is 0 Å². The van der Waals surface area contributed by atoms with Crippen LogP contribution in [0.15, 0.2) is 36.4 Å². The van der Waals surface area contributed by atoms with Crippen LogP contribution in [0, 0.1) is 18.3 Å². The maximum Gasteiger partial charge on any atom is 0.0991 e. The summed E-state index contributed by atoms with van der Waals surface area (Å²) < 4.78 is 0. The Labute approximate surface area is 77.2 Å². The standard InChI is InChI=1S/C12H8N/c1-9-6-10(8-13)7-11-4-2-3-5-12(9)11/h2-7H,1H2. The van der Waals surface area contributed by atoms with Gasteiger partial charge in [0.05, 0.1) is 11.6 Å². The van der Waals surface area contributed by atoms with Gasteiger partial charge in [-0.15, -0.1) is 0 Å². The number of nitrogens with zero attached hydrogens (tertiary/aromatic N) is 1. The van der Waals surface area contributed by atoms with Gasteiger partial charge in [0.2, 0.25) is 0 Å². The second kappa shape index (κ2) is 2.91. The van der Waals surface area contributed by atoms with Crippen LogP contribution < -0.4 is 0 Å². The molecule has 1 radical (unpaired) electrons. The van der Waals surface area contributed by atoms with E-state index in [4.69, 9.17) is 5.26 Å². The molecule has 0 saturated heterocycles. The smallest absolute Gasteiger partial charge is 0.0991 e. The minimum Gasteiger partial charge on any atom is -0.192 e. The topological polar surface area (TPSA) is 23.8 Å². The van der Waals surface area contributed by atoms with Crippen molar-refractivity contribution in [3.8, 4) is 6.07 Å². The Kier molecular flexibility index (Phi) is 1.75. The molecular weight excluding hydrogens is 158 g/mol. The molecule has 0 fully saturated rings. The molecule has 2 rings (SSSR count). The van der Waals surface area contributed by atoms with Gasteiger partial charge in [0.15, 0.2) is 0 Å². The maximum atomic E-state index is 8.74. The van der Waals surface area contributed by atoms with E-state index < -0.39 is 0 Å². The first-order valence-corrected chi connectivity index (χ1v) is 4.06. The lowest BCUT2D eigenvalue weighted by atomic mass is 10.0. The monoisotopic (exact) mass is 166 g/mol. The van der Waals surface area contributed by atoms with Crippen molar-refractivity contribution in [3.63, 3.8) is 0 Å². The molecule has 0 spiro atoms. The fourth-order valence-electron chi connectivity index (χ4n) is 1.45. The number of nitriles is 1. The predicted molar refractivity (Wildman–Crippen MR) is 53.1 cm³/mol. The highest BCUT2D eigenvalue weighted by Crippen LogP contribution is 2.19. The number of rotatable bonds is 0. The Balaban J connectivity index is 2.86. The normalized spacial score (nSPS) is 9.85. The number of benzene rings is 2. The minimum atomic E-state index is 0.670. The van der Waals surface area contributed by atoms with Crippen molar-refractivity contribution in [2.24, 2.45) is 0 Å². The molecule has 0 heterocycles.